The van der Waals surface area contributed by atoms with E-state index in [2.05, 4.69) is 10.3 Å². The van der Waals surface area contributed by atoms with Crippen molar-refractivity contribution in [3.63, 3.8) is 0 Å². The van der Waals surface area contributed by atoms with E-state index in [9.17, 15) is 10.1 Å². The van der Waals surface area contributed by atoms with E-state index < -0.39 is 4.92 Å². The van der Waals surface area contributed by atoms with Crippen molar-refractivity contribution in [3.8, 4) is 6.07 Å². The standard InChI is InChI=1S/C13H12N4O2S/c1-2-10(11-4-3-7-20-11)16-13-12(17(18)19)9(8-14)5-6-15-13/h3-7,10H,2H2,1H3,(H,15,16). The largest absolute Gasteiger partial charge is 0.357 e. The molecule has 0 aliphatic heterocycles. The van der Waals surface area contributed by atoms with Crippen molar-refractivity contribution in [1.82, 2.24) is 4.98 Å². The lowest BCUT2D eigenvalue weighted by Gasteiger charge is -2.16. The van der Waals surface area contributed by atoms with Crippen LogP contribution in [0.1, 0.15) is 29.8 Å². The molecule has 1 unspecified atom stereocenters. The predicted molar refractivity (Wildman–Crippen MR) is 76.6 cm³/mol. The highest BCUT2D eigenvalue weighted by Crippen LogP contribution is 2.31. The molecule has 0 spiro atoms. The number of anilines is 1. The normalized spacial score (nSPS) is 11.6. The van der Waals surface area contributed by atoms with Crippen LogP contribution in [0.3, 0.4) is 0 Å². The van der Waals surface area contributed by atoms with Crippen LogP contribution in [0.2, 0.25) is 0 Å². The fourth-order valence-electron chi connectivity index (χ4n) is 1.86. The van der Waals surface area contributed by atoms with Gasteiger partial charge in [0.2, 0.25) is 5.82 Å². The molecule has 2 aromatic heterocycles. The highest BCUT2D eigenvalue weighted by molar-refractivity contribution is 7.10. The van der Waals surface area contributed by atoms with Gasteiger partial charge in [-0.1, -0.05) is 13.0 Å². The number of hydrogen-bond acceptors (Lipinski definition) is 6. The highest BCUT2D eigenvalue weighted by Gasteiger charge is 2.23. The van der Waals surface area contributed by atoms with Crippen molar-refractivity contribution >= 4 is 22.8 Å². The Hall–Kier alpha value is -2.46. The second kappa shape index (κ2) is 6.12. The van der Waals surface area contributed by atoms with Crippen molar-refractivity contribution in [2.24, 2.45) is 0 Å². The van der Waals surface area contributed by atoms with Gasteiger partial charge in [0, 0.05) is 11.1 Å². The summed E-state index contributed by atoms with van der Waals surface area (Å²) in [6, 6.07) is 7.00. The fourth-order valence-corrected chi connectivity index (χ4v) is 2.72. The molecule has 0 aliphatic carbocycles. The van der Waals surface area contributed by atoms with Crippen LogP contribution < -0.4 is 5.32 Å². The first-order valence-corrected chi connectivity index (χ1v) is 6.88. The Bertz CT molecular complexity index is 649. The van der Waals surface area contributed by atoms with E-state index in [0.29, 0.717) is 0 Å². The van der Waals surface area contributed by atoms with Gasteiger partial charge in [-0.25, -0.2) is 4.98 Å². The molecule has 0 amide bonds. The maximum atomic E-state index is 11.1. The van der Waals surface area contributed by atoms with Gasteiger partial charge in [0.05, 0.1) is 11.0 Å². The Morgan fingerprint density at radius 1 is 1.60 bits per heavy atom. The zero-order chi connectivity index (χ0) is 14.5. The summed E-state index contributed by atoms with van der Waals surface area (Å²) < 4.78 is 0. The monoisotopic (exact) mass is 288 g/mol. The second-order valence-corrected chi connectivity index (χ2v) is 5.02. The van der Waals surface area contributed by atoms with Gasteiger partial charge in [-0.05, 0) is 23.9 Å². The van der Waals surface area contributed by atoms with E-state index in [-0.39, 0.29) is 23.1 Å². The zero-order valence-electron chi connectivity index (χ0n) is 10.7. The molecule has 7 heteroatoms. The average molecular weight is 288 g/mol. The van der Waals surface area contributed by atoms with E-state index >= 15 is 0 Å². The molecule has 2 aromatic rings. The van der Waals surface area contributed by atoms with Crippen LogP contribution in [-0.4, -0.2) is 9.91 Å². The number of aromatic nitrogens is 1. The minimum Gasteiger partial charge on any atom is -0.357 e. The van der Waals surface area contributed by atoms with Gasteiger partial charge in [-0.15, -0.1) is 11.3 Å². The minimum absolute atomic E-state index is 0.00790. The Morgan fingerprint density at radius 3 is 2.95 bits per heavy atom. The first-order chi connectivity index (χ1) is 9.67. The number of nitrogens with zero attached hydrogens (tertiary/aromatic N) is 3. The summed E-state index contributed by atoms with van der Waals surface area (Å²) in [4.78, 5) is 15.6. The molecule has 6 nitrogen and oxygen atoms in total. The van der Waals surface area contributed by atoms with E-state index in [0.717, 1.165) is 11.3 Å². The predicted octanol–water partition coefficient (Wildman–Crippen LogP) is 3.49. The van der Waals surface area contributed by atoms with Crippen LogP contribution in [0.4, 0.5) is 11.5 Å². The molecule has 0 saturated carbocycles. The highest BCUT2D eigenvalue weighted by atomic mass is 32.1. The molecule has 1 N–H and O–H groups in total. The van der Waals surface area contributed by atoms with Crippen molar-refractivity contribution in [2.75, 3.05) is 5.32 Å². The van der Waals surface area contributed by atoms with E-state index in [4.69, 9.17) is 5.26 Å². The van der Waals surface area contributed by atoms with Crippen molar-refractivity contribution in [3.05, 3.63) is 50.3 Å². The van der Waals surface area contributed by atoms with Crippen LogP contribution >= 0.6 is 11.3 Å². The molecule has 2 rings (SSSR count). The van der Waals surface area contributed by atoms with E-state index in [1.54, 1.807) is 11.3 Å². The lowest BCUT2D eigenvalue weighted by atomic mass is 10.1. The molecule has 0 aliphatic rings. The Labute approximate surface area is 119 Å². The molecule has 0 aromatic carbocycles. The Balaban J connectivity index is 2.38. The van der Waals surface area contributed by atoms with Crippen LogP contribution in [0.5, 0.6) is 0 Å². The Kier molecular flexibility index (Phi) is 4.27. The van der Waals surface area contributed by atoms with Crippen LogP contribution in [-0.2, 0) is 0 Å². The summed E-state index contributed by atoms with van der Waals surface area (Å²) in [5.41, 5.74) is -0.265. The van der Waals surface area contributed by atoms with Crippen LogP contribution in [0.15, 0.2) is 29.8 Å². The van der Waals surface area contributed by atoms with Crippen molar-refractivity contribution in [2.45, 2.75) is 19.4 Å². The minimum atomic E-state index is -0.574. The third-order valence-corrected chi connectivity index (χ3v) is 3.82. The fraction of sp³-hybridized carbons (Fsp3) is 0.231. The first-order valence-electron chi connectivity index (χ1n) is 6.00. The van der Waals surface area contributed by atoms with Gasteiger partial charge < -0.3 is 5.32 Å². The molecule has 0 radical (unpaired) electrons. The van der Waals surface area contributed by atoms with Crippen molar-refractivity contribution < 1.29 is 4.92 Å². The topological polar surface area (TPSA) is 91.8 Å². The van der Waals surface area contributed by atoms with Gasteiger partial charge in [0.1, 0.15) is 11.6 Å². The van der Waals surface area contributed by atoms with E-state index in [1.807, 2.05) is 30.5 Å². The molecular weight excluding hydrogens is 276 g/mol. The summed E-state index contributed by atoms with van der Waals surface area (Å²) in [5.74, 6) is 0.134. The lowest BCUT2D eigenvalue weighted by molar-refractivity contribution is -0.384. The maximum absolute atomic E-state index is 11.1. The number of nitrogens with one attached hydrogen (secondary N) is 1. The molecule has 1 atom stereocenters. The second-order valence-electron chi connectivity index (χ2n) is 4.05. The van der Waals surface area contributed by atoms with Gasteiger partial charge in [-0.2, -0.15) is 5.26 Å². The molecule has 2 heterocycles. The van der Waals surface area contributed by atoms with E-state index in [1.165, 1.54) is 12.3 Å². The lowest BCUT2D eigenvalue weighted by Crippen LogP contribution is -2.11. The summed E-state index contributed by atoms with van der Waals surface area (Å²) >= 11 is 1.57. The number of nitriles is 1. The summed E-state index contributed by atoms with van der Waals surface area (Å²) in [5, 5.41) is 25.1. The number of hydrogen-bond donors (Lipinski definition) is 1. The number of rotatable bonds is 5. The smallest absolute Gasteiger partial charge is 0.328 e. The zero-order valence-corrected chi connectivity index (χ0v) is 11.6. The summed E-state index contributed by atoms with van der Waals surface area (Å²) in [6.45, 7) is 1.98. The maximum Gasteiger partial charge on any atom is 0.328 e. The van der Waals surface area contributed by atoms with Crippen LogP contribution in [0, 0.1) is 21.4 Å². The molecule has 0 saturated heterocycles. The third-order valence-electron chi connectivity index (χ3n) is 2.83. The van der Waals surface area contributed by atoms with Gasteiger partial charge >= 0.3 is 5.69 Å². The molecule has 0 fully saturated rings. The molecular formula is C13H12N4O2S. The number of nitro groups is 1. The van der Waals surface area contributed by atoms with Gasteiger partial charge in [-0.3, -0.25) is 10.1 Å². The first kappa shape index (κ1) is 14.0. The van der Waals surface area contributed by atoms with Crippen LogP contribution in [0.25, 0.3) is 0 Å². The summed E-state index contributed by atoms with van der Waals surface area (Å²) in [7, 11) is 0. The number of thiophene rings is 1. The Morgan fingerprint density at radius 2 is 2.40 bits per heavy atom. The third kappa shape index (κ3) is 2.75. The van der Waals surface area contributed by atoms with Gasteiger partial charge in [0.15, 0.2) is 0 Å². The SMILES string of the molecule is CCC(Nc1nccc(C#N)c1[N+](=O)[O-])c1cccs1. The average Bonchev–Trinajstić information content (AvgIpc) is 2.97. The van der Waals surface area contributed by atoms with Crippen molar-refractivity contribution in [1.29, 1.82) is 5.26 Å². The molecule has 102 valence electrons. The molecule has 20 heavy (non-hydrogen) atoms. The number of pyridine rings is 1. The summed E-state index contributed by atoms with van der Waals surface area (Å²) in [6.07, 6.45) is 2.16. The van der Waals surface area contributed by atoms with Gasteiger partial charge in [0.25, 0.3) is 0 Å². The quantitative estimate of drug-likeness (QED) is 0.671. The molecule has 0 bridgehead atoms.